The molecule has 0 radical (unpaired) electrons. The smallest absolute Gasteiger partial charge is 0.160 e. The normalized spacial score (nSPS) is 13.0. The highest BCUT2D eigenvalue weighted by molar-refractivity contribution is 5.98. The van der Waals surface area contributed by atoms with Crippen molar-refractivity contribution < 1.29 is 14.6 Å². The molecular formula is C22H24O3. The van der Waals surface area contributed by atoms with E-state index >= 15 is 0 Å². The van der Waals surface area contributed by atoms with Crippen LogP contribution in [0.4, 0.5) is 0 Å². The van der Waals surface area contributed by atoms with Gasteiger partial charge in [-0.05, 0) is 53.8 Å². The summed E-state index contributed by atoms with van der Waals surface area (Å²) in [7, 11) is 1.52. The van der Waals surface area contributed by atoms with Crippen LogP contribution in [0.5, 0.6) is 11.5 Å². The van der Waals surface area contributed by atoms with Gasteiger partial charge in [0.15, 0.2) is 17.3 Å². The van der Waals surface area contributed by atoms with Crippen LogP contribution >= 0.6 is 0 Å². The molecule has 0 spiro atoms. The standard InChI is InChI=1S/C22H24O3/c1-14(17(4)23)22(15(2)18-9-7-6-8-10-18)16(3)19-11-12-20(24)21(13-19)25-5/h6-13,16,24H,2H2,1,3-5H3/b22-14-. The van der Waals surface area contributed by atoms with Crippen LogP contribution in [0.3, 0.4) is 0 Å². The number of ketones is 1. The number of rotatable bonds is 6. The van der Waals surface area contributed by atoms with Gasteiger partial charge < -0.3 is 9.84 Å². The van der Waals surface area contributed by atoms with E-state index < -0.39 is 0 Å². The molecule has 0 saturated carbocycles. The van der Waals surface area contributed by atoms with E-state index in [0.29, 0.717) is 11.3 Å². The Bertz CT molecular complexity index is 816. The summed E-state index contributed by atoms with van der Waals surface area (Å²) in [5, 5.41) is 9.83. The Labute approximate surface area is 149 Å². The van der Waals surface area contributed by atoms with Crippen LogP contribution in [0.2, 0.25) is 0 Å². The van der Waals surface area contributed by atoms with Crippen molar-refractivity contribution in [1.82, 2.24) is 0 Å². The molecule has 0 aliphatic heterocycles. The van der Waals surface area contributed by atoms with Gasteiger partial charge in [0.2, 0.25) is 0 Å². The molecule has 25 heavy (non-hydrogen) atoms. The minimum absolute atomic E-state index is 0.0182. The molecular weight excluding hydrogens is 312 g/mol. The fourth-order valence-corrected chi connectivity index (χ4v) is 2.93. The van der Waals surface area contributed by atoms with E-state index in [9.17, 15) is 9.90 Å². The molecule has 0 bridgehead atoms. The van der Waals surface area contributed by atoms with Gasteiger partial charge in [0.1, 0.15) is 0 Å². The third kappa shape index (κ3) is 4.00. The maximum Gasteiger partial charge on any atom is 0.160 e. The SMILES string of the molecule is C=C(/C(=C(\C)C(C)=O)C(C)c1ccc(O)c(OC)c1)c1ccccc1. The molecule has 0 fully saturated rings. The van der Waals surface area contributed by atoms with Gasteiger partial charge in [-0.3, -0.25) is 4.79 Å². The summed E-state index contributed by atoms with van der Waals surface area (Å²) < 4.78 is 5.21. The third-order valence-corrected chi connectivity index (χ3v) is 4.52. The predicted molar refractivity (Wildman–Crippen MR) is 102 cm³/mol. The Hall–Kier alpha value is -2.81. The lowest BCUT2D eigenvalue weighted by atomic mass is 9.82. The van der Waals surface area contributed by atoms with Crippen molar-refractivity contribution in [3.05, 3.63) is 77.4 Å². The minimum atomic E-state index is -0.0777. The zero-order valence-electron chi connectivity index (χ0n) is 15.2. The van der Waals surface area contributed by atoms with Gasteiger partial charge in [0.05, 0.1) is 7.11 Å². The molecule has 0 aliphatic carbocycles. The predicted octanol–water partition coefficient (Wildman–Crippen LogP) is 5.12. The molecule has 0 saturated heterocycles. The molecule has 0 heterocycles. The zero-order valence-corrected chi connectivity index (χ0v) is 15.2. The molecule has 2 aromatic rings. The van der Waals surface area contributed by atoms with Crippen LogP contribution in [0.15, 0.2) is 66.3 Å². The molecule has 0 aromatic heterocycles. The maximum atomic E-state index is 12.1. The highest BCUT2D eigenvalue weighted by Gasteiger charge is 2.21. The van der Waals surface area contributed by atoms with E-state index in [-0.39, 0.29) is 17.5 Å². The number of carbonyl (C=O) groups excluding carboxylic acids is 1. The Balaban J connectivity index is 2.55. The Morgan fingerprint density at radius 3 is 2.32 bits per heavy atom. The Morgan fingerprint density at radius 2 is 1.76 bits per heavy atom. The highest BCUT2D eigenvalue weighted by atomic mass is 16.5. The number of hydrogen-bond acceptors (Lipinski definition) is 3. The quantitative estimate of drug-likeness (QED) is 0.588. The van der Waals surface area contributed by atoms with Crippen LogP contribution in [0, 0.1) is 0 Å². The summed E-state index contributed by atoms with van der Waals surface area (Å²) in [5.74, 6) is 0.444. The van der Waals surface area contributed by atoms with E-state index in [4.69, 9.17) is 4.74 Å². The molecule has 2 rings (SSSR count). The van der Waals surface area contributed by atoms with E-state index in [1.807, 2.05) is 50.2 Å². The van der Waals surface area contributed by atoms with Crippen LogP contribution in [-0.2, 0) is 4.79 Å². The van der Waals surface area contributed by atoms with Crippen molar-refractivity contribution in [3.8, 4) is 11.5 Å². The van der Waals surface area contributed by atoms with Crippen LogP contribution < -0.4 is 4.74 Å². The van der Waals surface area contributed by atoms with Gasteiger partial charge in [-0.25, -0.2) is 0 Å². The molecule has 0 aliphatic rings. The number of benzene rings is 2. The molecule has 3 heteroatoms. The van der Waals surface area contributed by atoms with Crippen LogP contribution in [-0.4, -0.2) is 18.0 Å². The van der Waals surface area contributed by atoms with Gasteiger partial charge in [-0.15, -0.1) is 0 Å². The summed E-state index contributed by atoms with van der Waals surface area (Å²) in [4.78, 5) is 12.1. The highest BCUT2D eigenvalue weighted by Crippen LogP contribution is 2.38. The minimum Gasteiger partial charge on any atom is -0.504 e. The number of aromatic hydroxyl groups is 1. The largest absolute Gasteiger partial charge is 0.504 e. The van der Waals surface area contributed by atoms with Crippen molar-refractivity contribution >= 4 is 11.4 Å². The fraction of sp³-hybridized carbons (Fsp3) is 0.227. The lowest BCUT2D eigenvalue weighted by molar-refractivity contribution is -0.113. The molecule has 1 atom stereocenters. The fourth-order valence-electron chi connectivity index (χ4n) is 2.93. The molecule has 3 nitrogen and oxygen atoms in total. The molecule has 1 unspecified atom stereocenters. The summed E-state index contributed by atoms with van der Waals surface area (Å²) in [6.45, 7) is 9.67. The van der Waals surface area contributed by atoms with Crippen molar-refractivity contribution in [3.63, 3.8) is 0 Å². The summed E-state index contributed by atoms with van der Waals surface area (Å²) in [5.41, 5.74) is 4.34. The maximum absolute atomic E-state index is 12.1. The van der Waals surface area contributed by atoms with Crippen LogP contribution in [0.25, 0.3) is 5.57 Å². The first-order chi connectivity index (χ1) is 11.9. The number of allylic oxidation sites excluding steroid dienone is 3. The number of hydrogen-bond donors (Lipinski definition) is 1. The first-order valence-corrected chi connectivity index (χ1v) is 8.20. The summed E-state index contributed by atoms with van der Waals surface area (Å²) >= 11 is 0. The summed E-state index contributed by atoms with van der Waals surface area (Å²) in [6, 6.07) is 15.1. The summed E-state index contributed by atoms with van der Waals surface area (Å²) in [6.07, 6.45) is 0. The first kappa shape index (κ1) is 18.5. The van der Waals surface area contributed by atoms with Crippen molar-refractivity contribution in [1.29, 1.82) is 0 Å². The van der Waals surface area contributed by atoms with Gasteiger partial charge in [0.25, 0.3) is 0 Å². The second kappa shape index (κ2) is 7.84. The second-order valence-electron chi connectivity index (χ2n) is 6.09. The van der Waals surface area contributed by atoms with E-state index in [1.54, 1.807) is 19.1 Å². The van der Waals surface area contributed by atoms with Crippen molar-refractivity contribution in [2.24, 2.45) is 0 Å². The molecule has 2 aromatic carbocycles. The topological polar surface area (TPSA) is 46.5 Å². The van der Waals surface area contributed by atoms with Gasteiger partial charge in [-0.1, -0.05) is 49.9 Å². The third-order valence-electron chi connectivity index (χ3n) is 4.52. The van der Waals surface area contributed by atoms with Gasteiger partial charge >= 0.3 is 0 Å². The number of methoxy groups -OCH3 is 1. The zero-order chi connectivity index (χ0) is 18.6. The molecule has 130 valence electrons. The van der Waals surface area contributed by atoms with Crippen molar-refractivity contribution in [2.45, 2.75) is 26.7 Å². The van der Waals surface area contributed by atoms with E-state index in [0.717, 1.165) is 22.3 Å². The lowest BCUT2D eigenvalue weighted by Gasteiger charge is -2.22. The average molecular weight is 336 g/mol. The Kier molecular flexibility index (Phi) is 5.81. The van der Waals surface area contributed by atoms with Crippen molar-refractivity contribution in [2.75, 3.05) is 7.11 Å². The molecule has 1 N–H and O–H groups in total. The number of carbonyl (C=O) groups is 1. The number of Topliss-reactive ketones (excluding diaryl/α,β-unsaturated/α-hetero) is 1. The first-order valence-electron chi connectivity index (χ1n) is 8.20. The van der Waals surface area contributed by atoms with E-state index in [1.165, 1.54) is 7.11 Å². The average Bonchev–Trinajstić information content (AvgIpc) is 2.62. The van der Waals surface area contributed by atoms with E-state index in [2.05, 4.69) is 6.58 Å². The molecule has 0 amide bonds. The van der Waals surface area contributed by atoms with Gasteiger partial charge in [-0.2, -0.15) is 0 Å². The monoisotopic (exact) mass is 336 g/mol. The van der Waals surface area contributed by atoms with Crippen LogP contribution in [0.1, 0.15) is 37.8 Å². The Morgan fingerprint density at radius 1 is 1.12 bits per heavy atom. The number of phenols is 1. The second-order valence-corrected chi connectivity index (χ2v) is 6.09. The lowest BCUT2D eigenvalue weighted by Crippen LogP contribution is -2.07. The van der Waals surface area contributed by atoms with Gasteiger partial charge in [0, 0.05) is 5.92 Å². The number of ether oxygens (including phenoxy) is 1. The number of phenolic OH excluding ortho intramolecular Hbond substituents is 1.